The normalized spacial score (nSPS) is 19.1. The van der Waals surface area contributed by atoms with Gasteiger partial charge in [-0.1, -0.05) is 18.2 Å². The number of morpholine rings is 2. The average molecular weight is 544 g/mol. The molecular formula is C32H43N6O2+. The van der Waals surface area contributed by atoms with Crippen molar-refractivity contribution >= 4 is 44.2 Å². The van der Waals surface area contributed by atoms with Gasteiger partial charge in [-0.05, 0) is 50.1 Å². The summed E-state index contributed by atoms with van der Waals surface area (Å²) in [6.07, 6.45) is 3.45. The number of pyridine rings is 1. The zero-order chi connectivity index (χ0) is 26.7. The zero-order valence-electron chi connectivity index (χ0n) is 23.7. The first-order valence-electron chi connectivity index (χ1n) is 15.3. The molecular weight excluding hydrogens is 500 g/mol. The average Bonchev–Trinajstić information content (AvgIpc) is 3.18. The molecule has 2 N–H and O–H groups in total. The van der Waals surface area contributed by atoms with Crippen molar-refractivity contribution in [1.29, 1.82) is 0 Å². The SMILES string of the molecule is c1ccc2c(c1)c1nc3ccc(NCCCN4CCOCC4)cc3c3c1n2CCCN3CCCN1CC[OH+]CC1. The zero-order valence-corrected chi connectivity index (χ0v) is 23.7. The Balaban J connectivity index is 1.20. The van der Waals surface area contributed by atoms with E-state index in [9.17, 15) is 0 Å². The predicted molar refractivity (Wildman–Crippen MR) is 165 cm³/mol. The van der Waals surface area contributed by atoms with E-state index in [1.807, 2.05) is 0 Å². The number of aliphatic hydroxyl groups is 2. The molecule has 0 atom stereocenters. The second-order valence-corrected chi connectivity index (χ2v) is 11.5. The van der Waals surface area contributed by atoms with Gasteiger partial charge in [0.25, 0.3) is 0 Å². The number of hydrogen-bond acceptors (Lipinski definition) is 6. The third-order valence-electron chi connectivity index (χ3n) is 8.91. The molecule has 2 saturated heterocycles. The van der Waals surface area contributed by atoms with E-state index >= 15 is 0 Å². The molecule has 4 aromatic rings. The fourth-order valence-corrected chi connectivity index (χ4v) is 6.84. The second-order valence-electron chi connectivity index (χ2n) is 11.5. The summed E-state index contributed by atoms with van der Waals surface area (Å²) < 4.78 is 12.6. The van der Waals surface area contributed by atoms with Gasteiger partial charge in [0.2, 0.25) is 0 Å². The second kappa shape index (κ2) is 11.9. The van der Waals surface area contributed by atoms with Gasteiger partial charge in [0.05, 0.1) is 54.1 Å². The first-order valence-corrected chi connectivity index (χ1v) is 15.3. The van der Waals surface area contributed by atoms with E-state index in [1.165, 1.54) is 39.6 Å². The summed E-state index contributed by atoms with van der Waals surface area (Å²) >= 11 is 0. The van der Waals surface area contributed by atoms with Crippen molar-refractivity contribution in [1.82, 2.24) is 19.4 Å². The molecule has 8 nitrogen and oxygen atoms in total. The van der Waals surface area contributed by atoms with Crippen molar-refractivity contribution in [3.63, 3.8) is 0 Å². The Morgan fingerprint density at radius 1 is 0.825 bits per heavy atom. The van der Waals surface area contributed by atoms with Crippen LogP contribution in [0.5, 0.6) is 0 Å². The van der Waals surface area contributed by atoms with Crippen molar-refractivity contribution in [3.05, 3.63) is 42.5 Å². The van der Waals surface area contributed by atoms with Crippen LogP contribution in [-0.2, 0) is 11.3 Å². The van der Waals surface area contributed by atoms with Gasteiger partial charge in [0.1, 0.15) is 0 Å². The lowest BCUT2D eigenvalue weighted by Gasteiger charge is -2.28. The monoisotopic (exact) mass is 543 g/mol. The van der Waals surface area contributed by atoms with Crippen molar-refractivity contribution in [2.75, 3.05) is 95.5 Å². The van der Waals surface area contributed by atoms with Crippen molar-refractivity contribution < 1.29 is 9.47 Å². The van der Waals surface area contributed by atoms with Crippen molar-refractivity contribution in [2.45, 2.75) is 25.8 Å². The number of hydrogen-bond donors (Lipinski definition) is 1. The maximum absolute atomic E-state index is 5.50. The molecule has 2 aromatic carbocycles. The van der Waals surface area contributed by atoms with Crippen LogP contribution in [0.4, 0.5) is 11.4 Å². The number of ether oxygens (including phenoxy) is 2. The van der Waals surface area contributed by atoms with Crippen LogP contribution >= 0.6 is 0 Å². The Kier molecular flexibility index (Phi) is 7.75. The number of aromatic nitrogens is 2. The van der Waals surface area contributed by atoms with Crippen LogP contribution in [0.25, 0.3) is 32.8 Å². The lowest BCUT2D eigenvalue weighted by atomic mass is 10.1. The van der Waals surface area contributed by atoms with Crippen molar-refractivity contribution in [3.8, 4) is 0 Å². The Labute approximate surface area is 236 Å². The number of anilines is 2. The minimum absolute atomic E-state index is 0.865. The number of fused-ring (bicyclic) bond motifs is 5. The van der Waals surface area contributed by atoms with E-state index in [4.69, 9.17) is 9.72 Å². The molecule has 0 saturated carbocycles. The molecule has 5 heterocycles. The number of aryl methyl sites for hydroxylation is 1. The van der Waals surface area contributed by atoms with Crippen LogP contribution in [0.1, 0.15) is 19.3 Å². The lowest BCUT2D eigenvalue weighted by Crippen LogP contribution is -2.39. The standard InChI is InChI=1S/C32H42N6O2/c1-2-7-29-26(6-1)30-32-31(37(14-5-15-38(29)32)13-4-12-36-18-22-40-23-19-36)27-24-25(8-9-28(27)34-30)33-10-3-11-35-16-20-39-21-17-35/h1-2,6-9,24,33H,3-5,10-23H2/p+1. The molecule has 40 heavy (non-hydrogen) atoms. The molecule has 8 heteroatoms. The first kappa shape index (κ1) is 26.0. The minimum atomic E-state index is 0.865. The van der Waals surface area contributed by atoms with Gasteiger partial charge in [-0.25, -0.2) is 4.98 Å². The fourth-order valence-electron chi connectivity index (χ4n) is 6.84. The highest BCUT2D eigenvalue weighted by molar-refractivity contribution is 6.17. The third kappa shape index (κ3) is 5.26. The molecule has 0 aliphatic carbocycles. The number of rotatable bonds is 9. The van der Waals surface area contributed by atoms with Crippen LogP contribution in [-0.4, -0.2) is 109 Å². The molecule has 2 aromatic heterocycles. The summed E-state index contributed by atoms with van der Waals surface area (Å²) in [6, 6.07) is 15.6. The van der Waals surface area contributed by atoms with Crippen LogP contribution in [0.15, 0.2) is 42.5 Å². The lowest BCUT2D eigenvalue weighted by molar-refractivity contribution is -0.0903. The third-order valence-corrected chi connectivity index (χ3v) is 8.91. The molecule has 2 fully saturated rings. The van der Waals surface area contributed by atoms with Gasteiger partial charge in [-0.3, -0.25) is 9.80 Å². The Bertz CT molecular complexity index is 1460. The van der Waals surface area contributed by atoms with Gasteiger partial charge in [0, 0.05) is 62.3 Å². The van der Waals surface area contributed by atoms with Crippen LogP contribution in [0.3, 0.4) is 0 Å². The summed E-state index contributed by atoms with van der Waals surface area (Å²) in [5.74, 6) is 0. The molecule has 3 aliphatic rings. The Morgan fingerprint density at radius 2 is 1.65 bits per heavy atom. The van der Waals surface area contributed by atoms with Gasteiger partial charge in [-0.2, -0.15) is 0 Å². The molecule has 0 radical (unpaired) electrons. The summed E-state index contributed by atoms with van der Waals surface area (Å²) in [6.45, 7) is 14.5. The number of benzene rings is 2. The molecule has 0 spiro atoms. The van der Waals surface area contributed by atoms with Crippen LogP contribution in [0, 0.1) is 0 Å². The van der Waals surface area contributed by atoms with Gasteiger partial charge < -0.3 is 24.3 Å². The molecule has 3 aliphatic heterocycles. The highest BCUT2D eigenvalue weighted by Crippen LogP contribution is 2.41. The maximum Gasteiger partial charge on any atom is 0.157 e. The first-order chi connectivity index (χ1) is 19.8. The summed E-state index contributed by atoms with van der Waals surface area (Å²) in [5, 5.41) is 6.27. The fraction of sp³-hybridized carbons (Fsp3) is 0.531. The molecule has 0 bridgehead atoms. The van der Waals surface area contributed by atoms with Gasteiger partial charge in [0.15, 0.2) is 13.2 Å². The number of nitrogens with zero attached hydrogens (tertiary/aromatic N) is 5. The van der Waals surface area contributed by atoms with Gasteiger partial charge >= 0.3 is 0 Å². The molecule has 7 rings (SSSR count). The van der Waals surface area contributed by atoms with Crippen molar-refractivity contribution in [2.24, 2.45) is 0 Å². The molecule has 0 amide bonds. The van der Waals surface area contributed by atoms with E-state index < -0.39 is 0 Å². The van der Waals surface area contributed by atoms with Crippen LogP contribution in [0.2, 0.25) is 0 Å². The smallest absolute Gasteiger partial charge is 0.157 e. The molecule has 212 valence electrons. The van der Waals surface area contributed by atoms with E-state index in [0.717, 1.165) is 116 Å². The highest BCUT2D eigenvalue weighted by Gasteiger charge is 2.25. The maximum atomic E-state index is 5.50. The van der Waals surface area contributed by atoms with Crippen LogP contribution < -0.4 is 10.2 Å². The van der Waals surface area contributed by atoms with E-state index in [0.29, 0.717) is 0 Å². The van der Waals surface area contributed by atoms with E-state index in [1.54, 1.807) is 0 Å². The quantitative estimate of drug-likeness (QED) is 0.255. The summed E-state index contributed by atoms with van der Waals surface area (Å²) in [5.41, 5.74) is 7.42. The van der Waals surface area contributed by atoms with E-state index in [-0.39, 0.29) is 0 Å². The Hall–Kier alpha value is -2.91. The Morgan fingerprint density at radius 3 is 2.55 bits per heavy atom. The summed E-state index contributed by atoms with van der Waals surface area (Å²) in [7, 11) is 0. The van der Waals surface area contributed by atoms with E-state index in [2.05, 4.69) is 71.8 Å². The highest BCUT2D eigenvalue weighted by atomic mass is 16.5. The predicted octanol–water partition coefficient (Wildman–Crippen LogP) is 3.92. The molecule has 0 unspecified atom stereocenters. The topological polar surface area (TPSA) is 61.6 Å². The largest absolute Gasteiger partial charge is 0.432 e. The number of nitrogens with one attached hydrogen (secondary N) is 1. The van der Waals surface area contributed by atoms with Gasteiger partial charge in [-0.15, -0.1) is 0 Å². The number of para-hydroxylation sites is 1. The summed E-state index contributed by atoms with van der Waals surface area (Å²) in [4.78, 5) is 13.1. The minimum Gasteiger partial charge on any atom is -0.432 e.